The second kappa shape index (κ2) is 43.1. The maximum absolute atomic E-state index is 12.1. The van der Waals surface area contributed by atoms with Crippen molar-refractivity contribution in [2.75, 3.05) is 26.4 Å². The second-order valence-corrected chi connectivity index (χ2v) is 17.2. The summed E-state index contributed by atoms with van der Waals surface area (Å²) in [6.45, 7) is 3.56. The van der Waals surface area contributed by atoms with Gasteiger partial charge in [-0.05, 0) is 44.9 Å². The first-order valence-corrected chi connectivity index (χ1v) is 24.8. The minimum atomic E-state index is -4.42. The highest BCUT2D eigenvalue weighted by Crippen LogP contribution is 2.42. The molecule has 0 heterocycles. The molecule has 0 radical (unpaired) electrons. The molecule has 0 aromatic rings. The van der Waals surface area contributed by atoms with Crippen LogP contribution in [0.4, 0.5) is 0 Å². The number of carbonyl (C=O) groups excluding carboxylic acids is 2. The van der Waals surface area contributed by atoms with Gasteiger partial charge in [0.05, 0.1) is 13.2 Å². The van der Waals surface area contributed by atoms with Crippen LogP contribution in [0.15, 0.2) is 24.3 Å². The molecule has 0 spiro atoms. The minimum absolute atomic E-state index is 0.0795. The zero-order valence-electron chi connectivity index (χ0n) is 36.3. The highest BCUT2D eigenvalue weighted by atomic mass is 31.2. The third-order valence-corrected chi connectivity index (χ3v) is 11.1. The van der Waals surface area contributed by atoms with E-state index < -0.39 is 26.5 Å². The molecule has 330 valence electrons. The van der Waals surface area contributed by atoms with Gasteiger partial charge in [-0.25, -0.2) is 4.57 Å². The first kappa shape index (κ1) is 54.5. The Kier molecular flexibility index (Phi) is 41.9. The first-order valence-electron chi connectivity index (χ1n) is 23.3. The van der Waals surface area contributed by atoms with Crippen molar-refractivity contribution in [3.63, 3.8) is 0 Å². The number of allylic oxidation sites excluding steroid dienone is 4. The predicted octanol–water partition coefficient (Wildman–Crippen LogP) is 13.2. The standard InChI is InChI=1S/C46H88NO8P/c1-3-5-7-9-11-13-15-17-19-21-23-24-26-28-30-32-34-36-38-45(49)47-40-41-54-56(51,52)55-43-44(48)42-53-46(50)39-37-35-33-31-29-27-25-22-20-18-16-14-12-10-8-6-4-2/h13,15,19,21,44,48H,3-12,14,16-18,20,22-43H2,1-2H3,(H,47,49)(H,51,52)/b15-13-,21-19-. The number of phosphoric acid groups is 1. The monoisotopic (exact) mass is 814 g/mol. The van der Waals surface area contributed by atoms with Crippen molar-refractivity contribution in [2.45, 2.75) is 232 Å². The Hall–Kier alpha value is -1.51. The van der Waals surface area contributed by atoms with E-state index in [1.807, 2.05) is 0 Å². The van der Waals surface area contributed by atoms with Crippen molar-refractivity contribution in [1.82, 2.24) is 5.32 Å². The Bertz CT molecular complexity index is 975. The molecule has 3 N–H and O–H groups in total. The van der Waals surface area contributed by atoms with E-state index in [1.165, 1.54) is 148 Å². The second-order valence-electron chi connectivity index (χ2n) is 15.7. The average molecular weight is 814 g/mol. The highest BCUT2D eigenvalue weighted by molar-refractivity contribution is 7.47. The number of unbranched alkanes of at least 4 members (excludes halogenated alkanes) is 27. The molecule has 0 aliphatic carbocycles. The first-order chi connectivity index (χ1) is 27.3. The van der Waals surface area contributed by atoms with E-state index in [4.69, 9.17) is 13.8 Å². The minimum Gasteiger partial charge on any atom is -0.463 e. The lowest BCUT2D eigenvalue weighted by Crippen LogP contribution is -2.27. The van der Waals surface area contributed by atoms with Crippen molar-refractivity contribution in [2.24, 2.45) is 0 Å². The summed E-state index contributed by atoms with van der Waals surface area (Å²) in [6, 6.07) is 0. The Morgan fingerprint density at radius 1 is 0.554 bits per heavy atom. The van der Waals surface area contributed by atoms with Crippen LogP contribution in [-0.2, 0) is 27.9 Å². The molecule has 10 heteroatoms. The average Bonchev–Trinajstić information content (AvgIpc) is 3.18. The predicted molar refractivity (Wildman–Crippen MR) is 234 cm³/mol. The molecule has 0 saturated heterocycles. The van der Waals surface area contributed by atoms with Crippen LogP contribution in [0.3, 0.4) is 0 Å². The van der Waals surface area contributed by atoms with Gasteiger partial charge in [-0.2, -0.15) is 0 Å². The highest BCUT2D eigenvalue weighted by Gasteiger charge is 2.23. The molecule has 0 aliphatic rings. The van der Waals surface area contributed by atoms with Crippen LogP contribution >= 0.6 is 7.82 Å². The lowest BCUT2D eigenvalue weighted by molar-refractivity contribution is -0.147. The third kappa shape index (κ3) is 43.6. The molecule has 0 bridgehead atoms. The summed E-state index contributed by atoms with van der Waals surface area (Å²) in [7, 11) is -4.42. The molecule has 9 nitrogen and oxygen atoms in total. The molecule has 56 heavy (non-hydrogen) atoms. The largest absolute Gasteiger partial charge is 0.472 e. The molecule has 2 unspecified atom stereocenters. The van der Waals surface area contributed by atoms with Crippen LogP contribution < -0.4 is 5.32 Å². The Balaban J connectivity index is 3.57. The molecular weight excluding hydrogens is 725 g/mol. The smallest absolute Gasteiger partial charge is 0.463 e. The number of hydrogen-bond acceptors (Lipinski definition) is 7. The lowest BCUT2D eigenvalue weighted by atomic mass is 10.0. The van der Waals surface area contributed by atoms with Crippen LogP contribution in [0, 0.1) is 0 Å². The topological polar surface area (TPSA) is 131 Å². The molecule has 0 aromatic carbocycles. The SMILES string of the molecule is CCCCCC/C=C\C/C=C\CCCCCCCCCC(=O)NCCOP(=O)(O)OCC(O)COC(=O)CCCCCCCCCCCCCCCCCCC. The number of rotatable bonds is 44. The van der Waals surface area contributed by atoms with E-state index in [0.29, 0.717) is 6.42 Å². The Labute approximate surface area is 344 Å². The van der Waals surface area contributed by atoms with Gasteiger partial charge in [0.1, 0.15) is 12.7 Å². The fourth-order valence-electron chi connectivity index (χ4n) is 6.59. The van der Waals surface area contributed by atoms with Crippen LogP contribution in [-0.4, -0.2) is 54.3 Å². The molecule has 0 rings (SSSR count). The van der Waals surface area contributed by atoms with Gasteiger partial charge in [-0.3, -0.25) is 18.6 Å². The summed E-state index contributed by atoms with van der Waals surface area (Å²) in [5.74, 6) is -0.516. The van der Waals surface area contributed by atoms with Crippen LogP contribution in [0.2, 0.25) is 0 Å². The van der Waals surface area contributed by atoms with Gasteiger partial charge in [-0.1, -0.05) is 192 Å². The van der Waals surface area contributed by atoms with Gasteiger partial charge in [0, 0.05) is 19.4 Å². The zero-order valence-corrected chi connectivity index (χ0v) is 37.2. The summed E-state index contributed by atoms with van der Waals surface area (Å²) >= 11 is 0. The number of ether oxygens (including phenoxy) is 1. The maximum atomic E-state index is 12.1. The molecule has 0 aromatic heterocycles. The van der Waals surface area contributed by atoms with Crippen molar-refractivity contribution in [3.8, 4) is 0 Å². The zero-order chi connectivity index (χ0) is 41.1. The van der Waals surface area contributed by atoms with Crippen molar-refractivity contribution in [1.29, 1.82) is 0 Å². The summed E-state index contributed by atoms with van der Waals surface area (Å²) in [4.78, 5) is 34.0. The summed E-state index contributed by atoms with van der Waals surface area (Å²) in [6.07, 6.45) is 46.8. The Morgan fingerprint density at radius 3 is 1.45 bits per heavy atom. The van der Waals surface area contributed by atoms with Crippen molar-refractivity contribution >= 4 is 19.7 Å². The van der Waals surface area contributed by atoms with Gasteiger partial charge < -0.3 is 20.1 Å². The number of phosphoric ester groups is 1. The van der Waals surface area contributed by atoms with E-state index in [2.05, 4.69) is 43.5 Å². The molecule has 0 aliphatic heterocycles. The molecule has 1 amide bonds. The van der Waals surface area contributed by atoms with E-state index in [1.54, 1.807) is 0 Å². The maximum Gasteiger partial charge on any atom is 0.472 e. The van der Waals surface area contributed by atoms with E-state index in [-0.39, 0.29) is 32.1 Å². The number of hydrogen-bond donors (Lipinski definition) is 3. The van der Waals surface area contributed by atoms with Gasteiger partial charge in [-0.15, -0.1) is 0 Å². The van der Waals surface area contributed by atoms with Crippen LogP contribution in [0.25, 0.3) is 0 Å². The van der Waals surface area contributed by atoms with Gasteiger partial charge in [0.15, 0.2) is 0 Å². The quantitative estimate of drug-likeness (QED) is 0.0240. The van der Waals surface area contributed by atoms with Crippen LogP contribution in [0.5, 0.6) is 0 Å². The molecular formula is C46H88NO8P. The number of nitrogens with one attached hydrogen (secondary N) is 1. The van der Waals surface area contributed by atoms with Crippen LogP contribution in [0.1, 0.15) is 226 Å². The van der Waals surface area contributed by atoms with Crippen molar-refractivity contribution < 1.29 is 37.9 Å². The fourth-order valence-corrected chi connectivity index (χ4v) is 7.35. The molecule has 0 saturated carbocycles. The lowest BCUT2D eigenvalue weighted by Gasteiger charge is -2.15. The molecule has 0 fully saturated rings. The molecule has 2 atom stereocenters. The van der Waals surface area contributed by atoms with Gasteiger partial charge in [0.2, 0.25) is 5.91 Å². The van der Waals surface area contributed by atoms with Gasteiger partial charge >= 0.3 is 13.8 Å². The number of carbonyl (C=O) groups is 2. The van der Waals surface area contributed by atoms with Gasteiger partial charge in [0.25, 0.3) is 0 Å². The summed E-state index contributed by atoms with van der Waals surface area (Å²) < 4.78 is 26.9. The number of aliphatic hydroxyl groups is 1. The number of esters is 1. The van der Waals surface area contributed by atoms with Crippen molar-refractivity contribution in [3.05, 3.63) is 24.3 Å². The summed E-state index contributed by atoms with van der Waals surface area (Å²) in [5, 5.41) is 12.7. The Morgan fingerprint density at radius 2 is 0.964 bits per heavy atom. The summed E-state index contributed by atoms with van der Waals surface area (Å²) in [5.41, 5.74) is 0. The van der Waals surface area contributed by atoms with E-state index >= 15 is 0 Å². The third-order valence-electron chi connectivity index (χ3n) is 10.1. The normalized spacial score (nSPS) is 13.4. The van der Waals surface area contributed by atoms with E-state index in [9.17, 15) is 24.2 Å². The fraction of sp³-hybridized carbons (Fsp3) is 0.870. The number of aliphatic hydroxyl groups excluding tert-OH is 1. The number of amides is 1. The van der Waals surface area contributed by atoms with E-state index in [0.717, 1.165) is 51.4 Å².